The first kappa shape index (κ1) is 24.1. The zero-order valence-corrected chi connectivity index (χ0v) is 20.2. The van der Waals surface area contributed by atoms with Crippen molar-refractivity contribution >= 4 is 33.6 Å². The van der Waals surface area contributed by atoms with Gasteiger partial charge in [-0.05, 0) is 62.4 Å². The normalized spacial score (nSPS) is 12.3. The van der Waals surface area contributed by atoms with Gasteiger partial charge in [0.2, 0.25) is 5.82 Å². The highest BCUT2D eigenvalue weighted by Crippen LogP contribution is 2.31. The third kappa shape index (κ3) is 6.73. The van der Waals surface area contributed by atoms with Crippen molar-refractivity contribution in [3.8, 4) is 22.3 Å². The lowest BCUT2D eigenvalue weighted by Crippen LogP contribution is -2.42. The Bertz CT molecular complexity index is 1300. The second-order valence-corrected chi connectivity index (χ2v) is 9.68. The number of rotatable bonds is 8. The summed E-state index contributed by atoms with van der Waals surface area (Å²) in [4.78, 5) is 29.0. The molecule has 1 amide bonds. The van der Waals surface area contributed by atoms with Gasteiger partial charge in [0.25, 0.3) is 5.19 Å². The lowest BCUT2D eigenvalue weighted by atomic mass is 10.2. The lowest BCUT2D eigenvalue weighted by Gasteiger charge is -2.22. The summed E-state index contributed by atoms with van der Waals surface area (Å²) in [6, 6.07) is 14.2. The third-order valence-electron chi connectivity index (χ3n) is 4.57. The largest absolute Gasteiger partial charge is 0.481 e. The van der Waals surface area contributed by atoms with Crippen LogP contribution in [0.25, 0.3) is 21.6 Å². The van der Waals surface area contributed by atoms with E-state index in [0.717, 1.165) is 10.2 Å². The number of fused-ring (bicyclic) bond motifs is 1. The Morgan fingerprint density at radius 2 is 1.89 bits per heavy atom. The summed E-state index contributed by atoms with van der Waals surface area (Å²) in [6.45, 7) is 5.18. The van der Waals surface area contributed by atoms with Crippen LogP contribution >= 0.6 is 11.3 Å². The number of para-hydroxylation sites is 1. The van der Waals surface area contributed by atoms with Crippen molar-refractivity contribution in [2.45, 2.75) is 45.4 Å². The van der Waals surface area contributed by atoms with Crippen molar-refractivity contribution < 1.29 is 24.2 Å². The standard InChI is InChI=1S/C23H24N6O5S/c1-23(2,3)34-21(32)24-15(12-19(30)31)13-29-27-20(26-28-29)14-8-10-16(11-9-14)33-22-25-17-6-4-5-7-18(17)35-22/h4-11,15H,12-13H2,1-3H3,(H,24,32)(H,30,31). The van der Waals surface area contributed by atoms with Crippen LogP contribution < -0.4 is 10.1 Å². The van der Waals surface area contributed by atoms with Gasteiger partial charge in [-0.2, -0.15) is 4.80 Å². The fourth-order valence-corrected chi connectivity index (χ4v) is 3.98. The van der Waals surface area contributed by atoms with Crippen LogP contribution in [0.3, 0.4) is 0 Å². The second-order valence-electron chi connectivity index (χ2n) is 8.68. The highest BCUT2D eigenvalue weighted by Gasteiger charge is 2.22. The van der Waals surface area contributed by atoms with Crippen LogP contribution in [0.2, 0.25) is 0 Å². The number of benzene rings is 2. The zero-order valence-electron chi connectivity index (χ0n) is 19.3. The average molecular weight is 497 g/mol. The number of aromatic nitrogens is 5. The Kier molecular flexibility index (Phi) is 6.92. The van der Waals surface area contributed by atoms with Crippen LogP contribution in [0.4, 0.5) is 4.79 Å². The second kappa shape index (κ2) is 10.1. The molecule has 4 aromatic rings. The van der Waals surface area contributed by atoms with Gasteiger partial charge in [0.15, 0.2) is 0 Å². The molecule has 0 radical (unpaired) electrons. The molecule has 2 aromatic heterocycles. The quantitative estimate of drug-likeness (QED) is 0.368. The predicted octanol–water partition coefficient (Wildman–Crippen LogP) is 4.11. The number of nitrogens with one attached hydrogen (secondary N) is 1. The summed E-state index contributed by atoms with van der Waals surface area (Å²) in [5.41, 5.74) is 0.870. The fraction of sp³-hybridized carbons (Fsp3) is 0.304. The SMILES string of the molecule is CC(C)(C)OC(=O)NC(CC(=O)O)Cn1nnc(-c2ccc(Oc3nc4ccccc4s3)cc2)n1. The van der Waals surface area contributed by atoms with Gasteiger partial charge in [-0.15, -0.1) is 10.2 Å². The third-order valence-corrected chi connectivity index (χ3v) is 5.48. The molecule has 1 atom stereocenters. The lowest BCUT2D eigenvalue weighted by molar-refractivity contribution is -0.137. The molecular weight excluding hydrogens is 472 g/mol. The molecule has 0 aliphatic carbocycles. The number of hydrogen-bond donors (Lipinski definition) is 2. The maximum absolute atomic E-state index is 12.1. The van der Waals surface area contributed by atoms with Crippen molar-refractivity contribution in [1.82, 2.24) is 30.5 Å². The van der Waals surface area contributed by atoms with Crippen LogP contribution in [0, 0.1) is 0 Å². The number of tetrazole rings is 1. The van der Waals surface area contributed by atoms with Crippen LogP contribution in [-0.2, 0) is 16.1 Å². The molecular formula is C23H24N6O5S. The molecule has 4 rings (SSSR count). The van der Waals surface area contributed by atoms with Gasteiger partial charge >= 0.3 is 12.1 Å². The smallest absolute Gasteiger partial charge is 0.407 e. The number of carboxylic acid groups (broad SMARTS) is 1. The maximum Gasteiger partial charge on any atom is 0.407 e. The van der Waals surface area contributed by atoms with E-state index in [1.165, 1.54) is 16.1 Å². The van der Waals surface area contributed by atoms with Gasteiger partial charge in [-0.1, -0.05) is 23.5 Å². The molecule has 0 spiro atoms. The molecule has 182 valence electrons. The molecule has 12 heteroatoms. The average Bonchev–Trinajstić information content (AvgIpc) is 3.38. The molecule has 11 nitrogen and oxygen atoms in total. The van der Waals surface area contributed by atoms with E-state index in [0.29, 0.717) is 22.3 Å². The Morgan fingerprint density at radius 1 is 1.14 bits per heavy atom. The molecule has 2 heterocycles. The van der Waals surface area contributed by atoms with E-state index >= 15 is 0 Å². The van der Waals surface area contributed by atoms with E-state index < -0.39 is 23.7 Å². The van der Waals surface area contributed by atoms with Gasteiger partial charge in [0.1, 0.15) is 11.4 Å². The number of thiazole rings is 1. The molecule has 0 bridgehead atoms. The van der Waals surface area contributed by atoms with Gasteiger partial charge in [0, 0.05) is 5.56 Å². The van der Waals surface area contributed by atoms with E-state index in [9.17, 15) is 14.7 Å². The number of aliphatic carboxylic acids is 1. The van der Waals surface area contributed by atoms with Crippen LogP contribution in [-0.4, -0.2) is 54.0 Å². The molecule has 0 saturated heterocycles. The van der Waals surface area contributed by atoms with Crippen molar-refractivity contribution in [2.75, 3.05) is 0 Å². The molecule has 1 unspecified atom stereocenters. The first-order valence-corrected chi connectivity index (χ1v) is 11.6. The molecule has 2 aromatic carbocycles. The molecule has 0 saturated carbocycles. The number of carboxylic acids is 1. The molecule has 35 heavy (non-hydrogen) atoms. The summed E-state index contributed by atoms with van der Waals surface area (Å²) in [5.74, 6) is -0.110. The Hall–Kier alpha value is -4.06. The van der Waals surface area contributed by atoms with E-state index in [1.807, 2.05) is 24.3 Å². The zero-order chi connectivity index (χ0) is 25.0. The number of carbonyl (C=O) groups is 2. The van der Waals surface area contributed by atoms with Crippen LogP contribution in [0.1, 0.15) is 27.2 Å². The number of carbonyl (C=O) groups excluding carboxylic acids is 1. The first-order valence-electron chi connectivity index (χ1n) is 10.8. The van der Waals surface area contributed by atoms with Crippen molar-refractivity contribution in [1.29, 1.82) is 0 Å². The number of nitrogens with zero attached hydrogens (tertiary/aromatic N) is 5. The fourth-order valence-electron chi connectivity index (χ4n) is 3.15. The van der Waals surface area contributed by atoms with E-state index in [1.54, 1.807) is 45.0 Å². The highest BCUT2D eigenvalue weighted by atomic mass is 32.1. The summed E-state index contributed by atoms with van der Waals surface area (Å²) in [7, 11) is 0. The number of alkyl carbamates (subject to hydrolysis) is 1. The van der Waals surface area contributed by atoms with Crippen molar-refractivity contribution in [3.63, 3.8) is 0 Å². The molecule has 2 N–H and O–H groups in total. The number of amides is 1. The van der Waals surface area contributed by atoms with E-state index in [2.05, 4.69) is 25.7 Å². The highest BCUT2D eigenvalue weighted by molar-refractivity contribution is 7.20. The Morgan fingerprint density at radius 3 is 2.57 bits per heavy atom. The Labute approximate surface area is 204 Å². The van der Waals surface area contributed by atoms with Crippen LogP contribution in [0.5, 0.6) is 10.9 Å². The van der Waals surface area contributed by atoms with Crippen molar-refractivity contribution in [2.24, 2.45) is 0 Å². The summed E-state index contributed by atoms with van der Waals surface area (Å²) in [5, 5.41) is 24.6. The minimum atomic E-state index is -1.07. The predicted molar refractivity (Wildman–Crippen MR) is 128 cm³/mol. The van der Waals surface area contributed by atoms with E-state index in [4.69, 9.17) is 9.47 Å². The monoisotopic (exact) mass is 496 g/mol. The number of ether oxygens (including phenoxy) is 2. The minimum absolute atomic E-state index is 0.0113. The van der Waals surface area contributed by atoms with Crippen LogP contribution in [0.15, 0.2) is 48.5 Å². The van der Waals surface area contributed by atoms with Gasteiger partial charge in [-0.25, -0.2) is 9.78 Å². The molecule has 0 aliphatic rings. The van der Waals surface area contributed by atoms with Gasteiger partial charge in [0.05, 0.1) is 29.2 Å². The summed E-state index contributed by atoms with van der Waals surface area (Å²) in [6.07, 6.45) is -1.04. The minimum Gasteiger partial charge on any atom is -0.481 e. The molecule has 0 aliphatic heterocycles. The summed E-state index contributed by atoms with van der Waals surface area (Å²) >= 11 is 1.46. The Balaban J connectivity index is 1.40. The van der Waals surface area contributed by atoms with Gasteiger partial charge < -0.3 is 19.9 Å². The van der Waals surface area contributed by atoms with Gasteiger partial charge in [-0.3, -0.25) is 4.79 Å². The number of hydrogen-bond acceptors (Lipinski definition) is 9. The first-order chi connectivity index (χ1) is 16.6. The topological polar surface area (TPSA) is 141 Å². The van der Waals surface area contributed by atoms with E-state index in [-0.39, 0.29) is 13.0 Å². The molecule has 0 fully saturated rings. The summed E-state index contributed by atoms with van der Waals surface area (Å²) < 4.78 is 12.1. The maximum atomic E-state index is 12.1. The van der Waals surface area contributed by atoms with Crippen molar-refractivity contribution in [3.05, 3.63) is 48.5 Å².